The third kappa shape index (κ3) is 6.22. The first-order valence-electron chi connectivity index (χ1n) is 7.42. The van der Waals surface area contributed by atoms with Crippen molar-refractivity contribution in [3.8, 4) is 0 Å². The summed E-state index contributed by atoms with van der Waals surface area (Å²) in [5, 5.41) is 15.3. The molecule has 1 amide bonds. The standard InChI is InChI=1S/C17H16F3NO3S/c18-17(19,20)13-3-1-11(2-4-13)7-14(9-16(23)24)21-15(22)8-12-5-6-25-10-12/h1-6,10,14H,7-9H2,(H,21,22)(H,23,24)/t14-/m1/s1. The van der Waals surface area contributed by atoms with E-state index in [2.05, 4.69) is 5.32 Å². The number of carbonyl (C=O) groups is 2. The molecule has 4 nitrogen and oxygen atoms in total. The summed E-state index contributed by atoms with van der Waals surface area (Å²) in [7, 11) is 0. The second-order valence-corrected chi connectivity index (χ2v) is 6.35. The van der Waals surface area contributed by atoms with Crippen LogP contribution in [0.2, 0.25) is 0 Å². The predicted molar refractivity (Wildman–Crippen MR) is 87.4 cm³/mol. The van der Waals surface area contributed by atoms with Crippen molar-refractivity contribution in [3.05, 3.63) is 57.8 Å². The minimum atomic E-state index is -4.42. The van der Waals surface area contributed by atoms with Crippen molar-refractivity contribution in [2.45, 2.75) is 31.5 Å². The number of hydrogen-bond donors (Lipinski definition) is 2. The molecule has 2 rings (SSSR count). The van der Waals surface area contributed by atoms with Crippen LogP contribution in [-0.4, -0.2) is 23.0 Å². The number of rotatable bonds is 7. The summed E-state index contributed by atoms with van der Waals surface area (Å²) >= 11 is 1.45. The van der Waals surface area contributed by atoms with E-state index in [1.165, 1.54) is 23.5 Å². The van der Waals surface area contributed by atoms with Crippen molar-refractivity contribution in [3.63, 3.8) is 0 Å². The van der Waals surface area contributed by atoms with Crippen molar-refractivity contribution in [1.29, 1.82) is 0 Å². The van der Waals surface area contributed by atoms with Gasteiger partial charge in [-0.1, -0.05) is 12.1 Å². The molecule has 8 heteroatoms. The van der Waals surface area contributed by atoms with Gasteiger partial charge in [-0.3, -0.25) is 9.59 Å². The van der Waals surface area contributed by atoms with Gasteiger partial charge in [-0.05, 0) is 46.5 Å². The SMILES string of the molecule is O=C(O)C[C@@H](Cc1ccc(C(F)(F)F)cc1)NC(=O)Cc1ccsc1. The zero-order valence-corrected chi connectivity index (χ0v) is 13.9. The lowest BCUT2D eigenvalue weighted by Gasteiger charge is -2.17. The highest BCUT2D eigenvalue weighted by atomic mass is 32.1. The van der Waals surface area contributed by atoms with Gasteiger partial charge in [0.2, 0.25) is 5.91 Å². The van der Waals surface area contributed by atoms with E-state index in [4.69, 9.17) is 5.11 Å². The van der Waals surface area contributed by atoms with Gasteiger partial charge in [-0.2, -0.15) is 24.5 Å². The second kappa shape index (κ2) is 8.15. The first kappa shape index (κ1) is 19.0. The third-order valence-electron chi connectivity index (χ3n) is 3.49. The van der Waals surface area contributed by atoms with Crippen LogP contribution in [0.3, 0.4) is 0 Å². The lowest BCUT2D eigenvalue weighted by Crippen LogP contribution is -2.38. The molecule has 2 N–H and O–H groups in total. The molecule has 0 aliphatic carbocycles. The zero-order chi connectivity index (χ0) is 18.4. The van der Waals surface area contributed by atoms with Gasteiger partial charge in [0.15, 0.2) is 0 Å². The summed E-state index contributed by atoms with van der Waals surface area (Å²) in [5.41, 5.74) is 0.578. The summed E-state index contributed by atoms with van der Waals surface area (Å²) in [4.78, 5) is 23.0. The fraction of sp³-hybridized carbons (Fsp3) is 0.294. The fourth-order valence-electron chi connectivity index (χ4n) is 2.36. The smallest absolute Gasteiger partial charge is 0.416 e. The number of aliphatic carboxylic acids is 1. The summed E-state index contributed by atoms with van der Waals surface area (Å²) in [6, 6.07) is 5.58. The highest BCUT2D eigenvalue weighted by Gasteiger charge is 2.30. The molecular formula is C17H16F3NO3S. The Balaban J connectivity index is 2.01. The van der Waals surface area contributed by atoms with E-state index < -0.39 is 23.8 Å². The van der Waals surface area contributed by atoms with Crippen molar-refractivity contribution in [2.24, 2.45) is 0 Å². The molecule has 0 bridgehead atoms. The minimum Gasteiger partial charge on any atom is -0.481 e. The Morgan fingerprint density at radius 3 is 2.32 bits per heavy atom. The van der Waals surface area contributed by atoms with E-state index in [0.717, 1.165) is 17.7 Å². The first-order valence-corrected chi connectivity index (χ1v) is 8.36. The summed E-state index contributed by atoms with van der Waals surface area (Å²) < 4.78 is 37.7. The van der Waals surface area contributed by atoms with Gasteiger partial charge in [0.1, 0.15) is 0 Å². The van der Waals surface area contributed by atoms with Crippen LogP contribution >= 0.6 is 11.3 Å². The summed E-state index contributed by atoms with van der Waals surface area (Å²) in [6.45, 7) is 0. The van der Waals surface area contributed by atoms with Crippen LogP contribution in [-0.2, 0) is 28.6 Å². The maximum Gasteiger partial charge on any atom is 0.416 e. The van der Waals surface area contributed by atoms with Gasteiger partial charge in [0, 0.05) is 6.04 Å². The lowest BCUT2D eigenvalue weighted by molar-refractivity contribution is -0.138. The van der Waals surface area contributed by atoms with Crippen molar-refractivity contribution in [1.82, 2.24) is 5.32 Å². The molecule has 0 spiro atoms. The number of carboxylic acids is 1. The van der Waals surface area contributed by atoms with E-state index in [9.17, 15) is 22.8 Å². The van der Waals surface area contributed by atoms with Crippen LogP contribution in [0.25, 0.3) is 0 Å². The van der Waals surface area contributed by atoms with Crippen LogP contribution in [0.5, 0.6) is 0 Å². The number of hydrogen-bond acceptors (Lipinski definition) is 3. The largest absolute Gasteiger partial charge is 0.481 e. The average molecular weight is 371 g/mol. The Labute approximate surface area is 146 Å². The molecule has 25 heavy (non-hydrogen) atoms. The number of nitrogens with one attached hydrogen (secondary N) is 1. The third-order valence-corrected chi connectivity index (χ3v) is 4.23. The maximum absolute atomic E-state index is 12.6. The van der Waals surface area contributed by atoms with E-state index in [-0.39, 0.29) is 25.2 Å². The Hall–Kier alpha value is -2.35. The van der Waals surface area contributed by atoms with Gasteiger partial charge in [0.05, 0.1) is 18.4 Å². The van der Waals surface area contributed by atoms with E-state index >= 15 is 0 Å². The molecule has 1 aromatic heterocycles. The molecule has 2 aromatic rings. The predicted octanol–water partition coefficient (Wildman–Crippen LogP) is 3.51. The number of amides is 1. The molecule has 0 aliphatic heterocycles. The molecule has 0 aliphatic rings. The topological polar surface area (TPSA) is 66.4 Å². The average Bonchev–Trinajstić information content (AvgIpc) is 2.98. The number of carboxylic acid groups (broad SMARTS) is 1. The molecule has 0 saturated carbocycles. The molecule has 0 saturated heterocycles. The van der Waals surface area contributed by atoms with Gasteiger partial charge in [0.25, 0.3) is 0 Å². The van der Waals surface area contributed by atoms with E-state index in [1.807, 2.05) is 10.8 Å². The minimum absolute atomic E-state index is 0.132. The van der Waals surface area contributed by atoms with Gasteiger partial charge in [-0.15, -0.1) is 0 Å². The first-order chi connectivity index (χ1) is 11.7. The van der Waals surface area contributed by atoms with Crippen molar-refractivity contribution in [2.75, 3.05) is 0 Å². The molecule has 0 radical (unpaired) electrons. The molecular weight excluding hydrogens is 355 g/mol. The van der Waals surface area contributed by atoms with Gasteiger partial charge < -0.3 is 10.4 Å². The highest BCUT2D eigenvalue weighted by Crippen LogP contribution is 2.29. The Morgan fingerprint density at radius 1 is 1.12 bits per heavy atom. The maximum atomic E-state index is 12.6. The summed E-state index contributed by atoms with van der Waals surface area (Å²) in [6.07, 6.45) is -4.46. The Bertz CT molecular complexity index is 712. The number of benzene rings is 1. The second-order valence-electron chi connectivity index (χ2n) is 5.57. The van der Waals surface area contributed by atoms with Crippen LogP contribution in [0, 0.1) is 0 Å². The van der Waals surface area contributed by atoms with E-state index in [1.54, 1.807) is 6.07 Å². The van der Waals surface area contributed by atoms with Crippen LogP contribution in [0.4, 0.5) is 13.2 Å². The Morgan fingerprint density at radius 2 is 1.80 bits per heavy atom. The molecule has 1 atom stereocenters. The quantitative estimate of drug-likeness (QED) is 0.783. The van der Waals surface area contributed by atoms with Gasteiger partial charge in [-0.25, -0.2) is 0 Å². The molecule has 1 heterocycles. The monoisotopic (exact) mass is 371 g/mol. The normalized spacial score (nSPS) is 12.6. The molecule has 134 valence electrons. The molecule has 0 unspecified atom stereocenters. The van der Waals surface area contributed by atoms with Crippen LogP contribution in [0.1, 0.15) is 23.1 Å². The van der Waals surface area contributed by atoms with Crippen LogP contribution < -0.4 is 5.32 Å². The Kier molecular flexibility index (Phi) is 6.19. The number of alkyl halides is 3. The molecule has 1 aromatic carbocycles. The lowest BCUT2D eigenvalue weighted by atomic mass is 10.0. The number of halogens is 3. The van der Waals surface area contributed by atoms with Crippen LogP contribution in [0.15, 0.2) is 41.1 Å². The number of carbonyl (C=O) groups excluding carboxylic acids is 1. The van der Waals surface area contributed by atoms with Crippen molar-refractivity contribution < 1.29 is 27.9 Å². The van der Waals surface area contributed by atoms with E-state index in [0.29, 0.717) is 5.56 Å². The summed E-state index contributed by atoms with van der Waals surface area (Å²) in [5.74, 6) is -1.41. The highest BCUT2D eigenvalue weighted by molar-refractivity contribution is 7.08. The van der Waals surface area contributed by atoms with Crippen molar-refractivity contribution >= 4 is 23.2 Å². The number of thiophene rings is 1. The molecule has 0 fully saturated rings. The zero-order valence-electron chi connectivity index (χ0n) is 13.0. The van der Waals surface area contributed by atoms with Gasteiger partial charge >= 0.3 is 12.1 Å². The fourth-order valence-corrected chi connectivity index (χ4v) is 3.03.